The fraction of sp³-hybridized carbons (Fsp3) is 0.125. The Morgan fingerprint density at radius 1 is 0.935 bits per heavy atom. The van der Waals surface area contributed by atoms with Gasteiger partial charge >= 0.3 is 0 Å². The largest absolute Gasteiger partial charge is 0.497 e. The van der Waals surface area contributed by atoms with Crippen molar-refractivity contribution in [3.05, 3.63) is 83.9 Å². The van der Waals surface area contributed by atoms with E-state index in [1.807, 2.05) is 54.6 Å². The summed E-state index contributed by atoms with van der Waals surface area (Å²) in [5.41, 5.74) is 2.34. The summed E-state index contributed by atoms with van der Waals surface area (Å²) in [4.78, 5) is 12.6. The van der Waals surface area contributed by atoms with Crippen LogP contribution in [0.15, 0.2) is 83.0 Å². The molecular weight excluding hydrogens is 394 g/mol. The van der Waals surface area contributed by atoms with Crippen LogP contribution in [-0.4, -0.2) is 29.8 Å². The zero-order chi connectivity index (χ0) is 21.8. The molecule has 1 N–H and O–H groups in total. The van der Waals surface area contributed by atoms with E-state index in [9.17, 15) is 9.90 Å². The van der Waals surface area contributed by atoms with E-state index in [-0.39, 0.29) is 17.1 Å². The summed E-state index contributed by atoms with van der Waals surface area (Å²) in [6, 6.07) is 22.0. The first kappa shape index (κ1) is 20.2. The van der Waals surface area contributed by atoms with Gasteiger partial charge in [0.15, 0.2) is 5.69 Å². The molecule has 4 rings (SSSR count). The maximum atomic E-state index is 12.6. The van der Waals surface area contributed by atoms with Crippen LogP contribution < -0.4 is 9.47 Å². The number of methoxy groups -OCH3 is 2. The van der Waals surface area contributed by atoms with Gasteiger partial charge in [0.05, 0.1) is 31.8 Å². The maximum absolute atomic E-state index is 12.6. The van der Waals surface area contributed by atoms with Gasteiger partial charge in [-0.15, -0.1) is 10.2 Å². The van der Waals surface area contributed by atoms with Crippen molar-refractivity contribution < 1.29 is 19.4 Å². The van der Waals surface area contributed by atoms with E-state index >= 15 is 0 Å². The second-order valence-corrected chi connectivity index (χ2v) is 6.87. The van der Waals surface area contributed by atoms with Crippen LogP contribution in [-0.2, 0) is 6.54 Å². The molecule has 156 valence electrons. The fourth-order valence-electron chi connectivity index (χ4n) is 3.38. The van der Waals surface area contributed by atoms with Crippen molar-refractivity contribution in [1.82, 2.24) is 4.57 Å². The van der Waals surface area contributed by atoms with E-state index in [2.05, 4.69) is 10.2 Å². The molecule has 1 amide bonds. The molecular formula is C24H21N3O4. The van der Waals surface area contributed by atoms with E-state index in [1.54, 1.807) is 22.8 Å². The number of aromatic nitrogens is 1. The van der Waals surface area contributed by atoms with Gasteiger partial charge in [-0.2, -0.15) is 0 Å². The number of azo groups is 1. The molecule has 0 saturated heterocycles. The third-order valence-electron chi connectivity index (χ3n) is 4.94. The number of amides is 1. The second-order valence-electron chi connectivity index (χ2n) is 6.87. The predicted octanol–water partition coefficient (Wildman–Crippen LogP) is 5.34. The minimum Gasteiger partial charge on any atom is -0.497 e. The molecule has 7 nitrogen and oxygen atoms in total. The van der Waals surface area contributed by atoms with Crippen molar-refractivity contribution in [2.24, 2.45) is 10.2 Å². The van der Waals surface area contributed by atoms with Gasteiger partial charge in [0.2, 0.25) is 5.88 Å². The number of hydrogen-bond donors (Lipinski definition) is 1. The fourth-order valence-corrected chi connectivity index (χ4v) is 3.38. The molecule has 0 aliphatic heterocycles. The number of fused-ring (bicyclic) bond motifs is 1. The Labute approximate surface area is 179 Å². The Balaban J connectivity index is 1.71. The highest BCUT2D eigenvalue weighted by Gasteiger charge is 2.17. The van der Waals surface area contributed by atoms with Crippen molar-refractivity contribution >= 4 is 22.5 Å². The molecule has 1 heterocycles. The second kappa shape index (κ2) is 8.71. The Morgan fingerprint density at radius 3 is 2.26 bits per heavy atom. The van der Waals surface area contributed by atoms with Crippen LogP contribution in [0.5, 0.6) is 17.4 Å². The van der Waals surface area contributed by atoms with E-state index in [0.29, 0.717) is 23.4 Å². The van der Waals surface area contributed by atoms with Crippen molar-refractivity contribution in [2.75, 3.05) is 14.2 Å². The Hall–Kier alpha value is -4.13. The lowest BCUT2D eigenvalue weighted by molar-refractivity contribution is 0.0994. The number of para-hydroxylation sites is 1. The molecule has 0 unspecified atom stereocenters. The number of ether oxygens (including phenoxy) is 2. The summed E-state index contributed by atoms with van der Waals surface area (Å²) >= 11 is 0. The van der Waals surface area contributed by atoms with Crippen LogP contribution in [0.2, 0.25) is 0 Å². The number of aromatic hydroxyl groups is 1. The average Bonchev–Trinajstić information content (AvgIpc) is 3.08. The minimum absolute atomic E-state index is 0.0511. The van der Waals surface area contributed by atoms with Gasteiger partial charge in [0.25, 0.3) is 5.91 Å². The molecule has 0 saturated carbocycles. The highest BCUT2D eigenvalue weighted by molar-refractivity contribution is 5.97. The van der Waals surface area contributed by atoms with Gasteiger partial charge in [-0.3, -0.25) is 4.79 Å². The normalized spacial score (nSPS) is 11.2. The SMILES string of the molecule is COc1cc(OC)cc(C(=O)N=Nc2c(O)n(Cc3ccccc3)c3ccccc23)c1. The standard InChI is InChI=1S/C24H21N3O4/c1-30-18-12-17(13-19(14-18)31-2)23(28)26-25-22-20-10-6-7-11-21(20)27(24(22)29)15-16-8-4-3-5-9-16/h3-14,29H,15H2,1-2H3. The minimum atomic E-state index is -0.573. The first-order valence-corrected chi connectivity index (χ1v) is 9.64. The lowest BCUT2D eigenvalue weighted by Gasteiger charge is -2.07. The monoisotopic (exact) mass is 415 g/mol. The van der Waals surface area contributed by atoms with Crippen LogP contribution in [0.3, 0.4) is 0 Å². The lowest BCUT2D eigenvalue weighted by atomic mass is 10.2. The topological polar surface area (TPSA) is 85.4 Å². The summed E-state index contributed by atoms with van der Waals surface area (Å²) < 4.78 is 12.1. The summed E-state index contributed by atoms with van der Waals surface area (Å²) in [6.07, 6.45) is 0. The molecule has 3 aromatic carbocycles. The molecule has 4 aromatic rings. The van der Waals surface area contributed by atoms with E-state index < -0.39 is 5.91 Å². The summed E-state index contributed by atoms with van der Waals surface area (Å²) in [5, 5.41) is 19.5. The third-order valence-corrected chi connectivity index (χ3v) is 4.94. The smallest absolute Gasteiger partial charge is 0.295 e. The quantitative estimate of drug-likeness (QED) is 0.431. The molecule has 7 heteroatoms. The van der Waals surface area contributed by atoms with Crippen molar-refractivity contribution in [2.45, 2.75) is 6.54 Å². The third kappa shape index (κ3) is 4.11. The van der Waals surface area contributed by atoms with Gasteiger partial charge < -0.3 is 19.1 Å². The van der Waals surface area contributed by atoms with Gasteiger partial charge in [0, 0.05) is 11.5 Å². The number of benzene rings is 3. The zero-order valence-corrected chi connectivity index (χ0v) is 17.1. The molecule has 0 aliphatic rings. The predicted molar refractivity (Wildman–Crippen MR) is 118 cm³/mol. The van der Waals surface area contributed by atoms with Gasteiger partial charge in [0.1, 0.15) is 11.5 Å². The van der Waals surface area contributed by atoms with Crippen molar-refractivity contribution in [3.63, 3.8) is 0 Å². The first-order chi connectivity index (χ1) is 15.1. The molecule has 0 fully saturated rings. The number of nitrogens with zero attached hydrogens (tertiary/aromatic N) is 3. The van der Waals surface area contributed by atoms with Crippen LogP contribution in [0.25, 0.3) is 10.9 Å². The Kier molecular flexibility index (Phi) is 5.66. The van der Waals surface area contributed by atoms with Gasteiger partial charge in [-0.25, -0.2) is 0 Å². The van der Waals surface area contributed by atoms with E-state index in [1.165, 1.54) is 14.2 Å². The van der Waals surface area contributed by atoms with Crippen molar-refractivity contribution in [1.29, 1.82) is 0 Å². The van der Waals surface area contributed by atoms with Crippen LogP contribution in [0, 0.1) is 0 Å². The summed E-state index contributed by atoms with van der Waals surface area (Å²) in [5.74, 6) is 0.321. The van der Waals surface area contributed by atoms with Crippen LogP contribution in [0.4, 0.5) is 5.69 Å². The lowest BCUT2D eigenvalue weighted by Crippen LogP contribution is -1.98. The number of carbonyl (C=O) groups excluding carboxylic acids is 1. The van der Waals surface area contributed by atoms with Gasteiger partial charge in [-0.05, 0) is 23.8 Å². The molecule has 0 bridgehead atoms. The summed E-state index contributed by atoms with van der Waals surface area (Å²) in [7, 11) is 3.01. The highest BCUT2D eigenvalue weighted by atomic mass is 16.5. The van der Waals surface area contributed by atoms with Gasteiger partial charge in [-0.1, -0.05) is 48.5 Å². The molecule has 0 spiro atoms. The van der Waals surface area contributed by atoms with Crippen LogP contribution in [0.1, 0.15) is 15.9 Å². The zero-order valence-electron chi connectivity index (χ0n) is 17.1. The number of hydrogen-bond acceptors (Lipinski definition) is 5. The highest BCUT2D eigenvalue weighted by Crippen LogP contribution is 2.39. The Morgan fingerprint density at radius 2 is 1.58 bits per heavy atom. The Bertz CT molecular complexity index is 1240. The average molecular weight is 415 g/mol. The number of rotatable bonds is 6. The van der Waals surface area contributed by atoms with Crippen molar-refractivity contribution in [3.8, 4) is 17.4 Å². The van der Waals surface area contributed by atoms with E-state index in [0.717, 1.165) is 11.1 Å². The molecule has 0 radical (unpaired) electrons. The van der Waals surface area contributed by atoms with Crippen LogP contribution >= 0.6 is 0 Å². The molecule has 0 aliphatic carbocycles. The number of carbonyl (C=O) groups is 1. The maximum Gasteiger partial charge on any atom is 0.295 e. The first-order valence-electron chi connectivity index (χ1n) is 9.64. The molecule has 31 heavy (non-hydrogen) atoms. The van der Waals surface area contributed by atoms with E-state index in [4.69, 9.17) is 9.47 Å². The molecule has 0 atom stereocenters. The molecule has 1 aromatic heterocycles. The summed E-state index contributed by atoms with van der Waals surface area (Å²) in [6.45, 7) is 0.462.